The SMILES string of the molecule is CCCC[Si](CCC(C)CC)(c1ccccc1)c1ccccc1. The Bertz CT molecular complexity index is 507. The molecule has 0 radical (unpaired) electrons. The maximum atomic E-state index is 2.41. The van der Waals surface area contributed by atoms with Crippen LogP contribution >= 0.6 is 0 Å². The van der Waals surface area contributed by atoms with E-state index in [0.29, 0.717) is 0 Å². The van der Waals surface area contributed by atoms with Gasteiger partial charge in [-0.25, -0.2) is 0 Å². The van der Waals surface area contributed by atoms with E-state index in [-0.39, 0.29) is 0 Å². The first-order valence-electron chi connectivity index (χ1n) is 9.34. The van der Waals surface area contributed by atoms with Crippen molar-refractivity contribution in [2.24, 2.45) is 5.92 Å². The molecule has 0 amide bonds. The highest BCUT2D eigenvalue weighted by atomic mass is 28.3. The molecule has 23 heavy (non-hydrogen) atoms. The predicted octanol–water partition coefficient (Wildman–Crippen LogP) is 5.49. The molecule has 0 aliphatic rings. The molecule has 2 aromatic rings. The van der Waals surface area contributed by atoms with Crippen LogP contribution in [0.5, 0.6) is 0 Å². The summed E-state index contributed by atoms with van der Waals surface area (Å²) in [5.41, 5.74) is 0. The summed E-state index contributed by atoms with van der Waals surface area (Å²) in [5, 5.41) is 3.26. The van der Waals surface area contributed by atoms with Crippen molar-refractivity contribution < 1.29 is 0 Å². The summed E-state index contributed by atoms with van der Waals surface area (Å²) < 4.78 is 0. The zero-order chi connectivity index (χ0) is 16.5. The van der Waals surface area contributed by atoms with Gasteiger partial charge in [-0.2, -0.15) is 0 Å². The second-order valence-electron chi connectivity index (χ2n) is 6.97. The highest BCUT2D eigenvalue weighted by Crippen LogP contribution is 2.25. The molecule has 0 saturated heterocycles. The summed E-state index contributed by atoms with van der Waals surface area (Å²) in [5.74, 6) is 0.830. The van der Waals surface area contributed by atoms with Crippen molar-refractivity contribution in [2.45, 2.75) is 58.5 Å². The molecule has 0 N–H and O–H groups in total. The number of hydrogen-bond donors (Lipinski definition) is 0. The molecule has 0 heterocycles. The van der Waals surface area contributed by atoms with Crippen molar-refractivity contribution in [1.29, 1.82) is 0 Å². The van der Waals surface area contributed by atoms with Crippen molar-refractivity contribution in [3.63, 3.8) is 0 Å². The summed E-state index contributed by atoms with van der Waals surface area (Å²) in [7, 11) is -1.65. The Hall–Kier alpha value is -1.34. The fourth-order valence-electron chi connectivity index (χ4n) is 3.56. The van der Waals surface area contributed by atoms with E-state index in [1.54, 1.807) is 10.4 Å². The van der Waals surface area contributed by atoms with Crippen LogP contribution in [0.2, 0.25) is 12.1 Å². The van der Waals surface area contributed by atoms with Gasteiger partial charge in [0.25, 0.3) is 0 Å². The van der Waals surface area contributed by atoms with Crippen molar-refractivity contribution in [3.8, 4) is 0 Å². The summed E-state index contributed by atoms with van der Waals surface area (Å²) in [6, 6.07) is 25.6. The van der Waals surface area contributed by atoms with E-state index in [9.17, 15) is 0 Å². The minimum absolute atomic E-state index is 0.830. The van der Waals surface area contributed by atoms with E-state index in [1.165, 1.54) is 37.8 Å². The molecule has 0 bridgehead atoms. The van der Waals surface area contributed by atoms with Gasteiger partial charge in [0, 0.05) is 0 Å². The molecule has 0 aliphatic heterocycles. The van der Waals surface area contributed by atoms with Crippen molar-refractivity contribution >= 4 is 18.4 Å². The first-order chi connectivity index (χ1) is 11.2. The second kappa shape index (κ2) is 9.07. The maximum absolute atomic E-state index is 2.41. The van der Waals surface area contributed by atoms with E-state index < -0.39 is 8.07 Å². The molecule has 0 aliphatic carbocycles. The highest BCUT2D eigenvalue weighted by molar-refractivity contribution is 7.02. The smallest absolute Gasteiger partial charge is 0.0654 e. The Labute approximate surface area is 144 Å². The lowest BCUT2D eigenvalue weighted by Crippen LogP contribution is -2.58. The van der Waals surface area contributed by atoms with Crippen LogP contribution in [-0.4, -0.2) is 8.07 Å². The molecule has 2 rings (SSSR count). The first kappa shape index (κ1) is 18.0. The molecule has 0 nitrogen and oxygen atoms in total. The number of unbranched alkanes of at least 4 members (excludes halogenated alkanes) is 1. The van der Waals surface area contributed by atoms with Crippen LogP contribution in [0.15, 0.2) is 60.7 Å². The van der Waals surface area contributed by atoms with Gasteiger partial charge in [0.1, 0.15) is 8.07 Å². The van der Waals surface area contributed by atoms with Gasteiger partial charge in [0.2, 0.25) is 0 Å². The molecule has 0 saturated carbocycles. The zero-order valence-electron chi connectivity index (χ0n) is 15.1. The van der Waals surface area contributed by atoms with Crippen molar-refractivity contribution in [1.82, 2.24) is 0 Å². The molecule has 1 unspecified atom stereocenters. The quantitative estimate of drug-likeness (QED) is 0.535. The summed E-state index contributed by atoms with van der Waals surface area (Å²) in [6.07, 6.45) is 5.28. The van der Waals surface area contributed by atoms with Crippen LogP contribution in [0.4, 0.5) is 0 Å². The average molecular weight is 325 g/mol. The third kappa shape index (κ3) is 4.57. The van der Waals surface area contributed by atoms with E-state index in [4.69, 9.17) is 0 Å². The third-order valence-electron chi connectivity index (χ3n) is 5.37. The fourth-order valence-corrected chi connectivity index (χ4v) is 8.90. The van der Waals surface area contributed by atoms with Crippen LogP contribution in [0.1, 0.15) is 46.5 Å². The maximum Gasteiger partial charge on any atom is 0.118 e. The molecule has 2 aromatic carbocycles. The molecule has 0 aromatic heterocycles. The van der Waals surface area contributed by atoms with Gasteiger partial charge in [-0.1, -0.05) is 117 Å². The Morgan fingerprint density at radius 3 is 1.74 bits per heavy atom. The Morgan fingerprint density at radius 1 is 0.783 bits per heavy atom. The molecule has 1 atom stereocenters. The summed E-state index contributed by atoms with van der Waals surface area (Å²) in [4.78, 5) is 0. The molecular formula is C22H32Si. The fraction of sp³-hybridized carbons (Fsp3) is 0.455. The van der Waals surface area contributed by atoms with Crippen LogP contribution in [0.25, 0.3) is 0 Å². The molecule has 0 spiro atoms. The van der Waals surface area contributed by atoms with Gasteiger partial charge in [0.05, 0.1) is 0 Å². The topological polar surface area (TPSA) is 0 Å². The zero-order valence-corrected chi connectivity index (χ0v) is 16.1. The standard InChI is InChI=1S/C22H32Si/c1-4-6-18-23(19-17-20(3)5-2,21-13-9-7-10-14-21)22-15-11-8-12-16-22/h7-16,20H,4-6,17-19H2,1-3H3. The predicted molar refractivity (Wildman–Crippen MR) is 107 cm³/mol. The van der Waals surface area contributed by atoms with Crippen LogP contribution in [-0.2, 0) is 0 Å². The van der Waals surface area contributed by atoms with Gasteiger partial charge < -0.3 is 0 Å². The van der Waals surface area contributed by atoms with Gasteiger partial charge in [-0.3, -0.25) is 0 Å². The summed E-state index contributed by atoms with van der Waals surface area (Å²) in [6.45, 7) is 7.06. The molecule has 1 heteroatoms. The molecule has 0 fully saturated rings. The van der Waals surface area contributed by atoms with Crippen LogP contribution in [0, 0.1) is 5.92 Å². The minimum Gasteiger partial charge on any atom is -0.0654 e. The highest BCUT2D eigenvalue weighted by Gasteiger charge is 2.36. The number of hydrogen-bond acceptors (Lipinski definition) is 0. The van der Waals surface area contributed by atoms with E-state index in [1.807, 2.05) is 0 Å². The minimum atomic E-state index is -1.65. The van der Waals surface area contributed by atoms with Crippen LogP contribution in [0.3, 0.4) is 0 Å². The Kier molecular flexibility index (Phi) is 7.10. The third-order valence-corrected chi connectivity index (χ3v) is 10.6. The monoisotopic (exact) mass is 324 g/mol. The van der Waals surface area contributed by atoms with Gasteiger partial charge in [0.15, 0.2) is 0 Å². The largest absolute Gasteiger partial charge is 0.118 e. The summed E-state index contributed by atoms with van der Waals surface area (Å²) >= 11 is 0. The molecule has 124 valence electrons. The van der Waals surface area contributed by atoms with Gasteiger partial charge >= 0.3 is 0 Å². The lowest BCUT2D eigenvalue weighted by molar-refractivity contribution is 0.540. The number of rotatable bonds is 9. The lowest BCUT2D eigenvalue weighted by Gasteiger charge is -2.34. The first-order valence-corrected chi connectivity index (χ1v) is 11.8. The van der Waals surface area contributed by atoms with E-state index >= 15 is 0 Å². The van der Waals surface area contributed by atoms with Crippen molar-refractivity contribution in [2.75, 3.05) is 0 Å². The number of benzene rings is 2. The van der Waals surface area contributed by atoms with E-state index in [0.717, 1.165) is 5.92 Å². The van der Waals surface area contributed by atoms with Gasteiger partial charge in [-0.15, -0.1) is 0 Å². The van der Waals surface area contributed by atoms with Crippen molar-refractivity contribution in [3.05, 3.63) is 60.7 Å². The molecular weight excluding hydrogens is 292 g/mol. The second-order valence-corrected chi connectivity index (χ2v) is 11.3. The Balaban J connectivity index is 2.44. The average Bonchev–Trinajstić information content (AvgIpc) is 2.63. The lowest BCUT2D eigenvalue weighted by atomic mass is 10.1. The van der Waals surface area contributed by atoms with E-state index in [2.05, 4.69) is 81.4 Å². The normalized spacial score (nSPS) is 13.0. The Morgan fingerprint density at radius 2 is 1.30 bits per heavy atom. The van der Waals surface area contributed by atoms with Crippen LogP contribution < -0.4 is 10.4 Å². The van der Waals surface area contributed by atoms with Gasteiger partial charge in [-0.05, 0) is 18.0 Å².